The largest absolute Gasteiger partial charge is 0.493 e. The lowest BCUT2D eigenvalue weighted by Gasteiger charge is -2.28. The van der Waals surface area contributed by atoms with Crippen LogP contribution >= 0.6 is 0 Å². The molecule has 2 aromatic rings. The zero-order valence-electron chi connectivity index (χ0n) is 15.7. The molecule has 1 N–H and O–H groups in total. The summed E-state index contributed by atoms with van der Waals surface area (Å²) in [7, 11) is -0.657. The first-order chi connectivity index (χ1) is 13.0. The minimum absolute atomic E-state index is 0.0172. The molecule has 1 saturated heterocycles. The normalized spacial score (nSPS) is 16.2. The number of nitrogens with zero attached hydrogens (tertiary/aromatic N) is 1. The van der Waals surface area contributed by atoms with Crippen molar-refractivity contribution in [1.29, 1.82) is 0 Å². The van der Waals surface area contributed by atoms with Gasteiger partial charge in [-0.2, -0.15) is 0 Å². The van der Waals surface area contributed by atoms with Crippen LogP contribution in [0, 0.1) is 0 Å². The van der Waals surface area contributed by atoms with Crippen LogP contribution in [-0.4, -0.2) is 47.2 Å². The highest BCUT2D eigenvalue weighted by molar-refractivity contribution is 7.89. The molecule has 1 aliphatic rings. The summed E-state index contributed by atoms with van der Waals surface area (Å²) in [6.45, 7) is 2.29. The summed E-state index contributed by atoms with van der Waals surface area (Å²) < 4.78 is 38.8. The second kappa shape index (κ2) is 8.73. The van der Waals surface area contributed by atoms with Gasteiger partial charge in [0.15, 0.2) is 11.5 Å². The van der Waals surface area contributed by atoms with E-state index in [1.807, 2.05) is 30.3 Å². The van der Waals surface area contributed by atoms with Gasteiger partial charge in [0, 0.05) is 18.7 Å². The van der Waals surface area contributed by atoms with Crippen molar-refractivity contribution in [1.82, 2.24) is 9.62 Å². The number of likely N-dealkylation sites (tertiary alicyclic amines) is 1. The molecule has 0 radical (unpaired) electrons. The van der Waals surface area contributed by atoms with Crippen LogP contribution < -0.4 is 14.2 Å². The molecule has 27 heavy (non-hydrogen) atoms. The van der Waals surface area contributed by atoms with Gasteiger partial charge >= 0.3 is 0 Å². The molecule has 1 aliphatic heterocycles. The molecule has 6 nitrogen and oxygen atoms in total. The van der Waals surface area contributed by atoms with Crippen molar-refractivity contribution < 1.29 is 17.9 Å². The topological polar surface area (TPSA) is 67.9 Å². The standard InChI is InChI=1S/C20H26N2O4S/c1-25-19-11-10-17(14-20(19)26-2)27(23,24)21-15-18(22-12-6-7-13-22)16-8-4-3-5-9-16/h3-5,8-11,14,18,21H,6-7,12-13,15H2,1-2H3. The Morgan fingerprint density at radius 3 is 2.30 bits per heavy atom. The molecule has 0 aromatic heterocycles. The average molecular weight is 391 g/mol. The van der Waals surface area contributed by atoms with Crippen molar-refractivity contribution in [2.24, 2.45) is 0 Å². The Labute approximate surface area is 161 Å². The first kappa shape index (κ1) is 19.7. The second-order valence-corrected chi connectivity index (χ2v) is 8.31. The Hall–Kier alpha value is -2.09. The van der Waals surface area contributed by atoms with E-state index in [1.165, 1.54) is 26.4 Å². The molecule has 1 heterocycles. The molecule has 0 amide bonds. The number of hydrogen-bond donors (Lipinski definition) is 1. The van der Waals surface area contributed by atoms with E-state index in [0.29, 0.717) is 18.0 Å². The zero-order chi connectivity index (χ0) is 19.3. The summed E-state index contributed by atoms with van der Waals surface area (Å²) in [5.74, 6) is 0.884. The number of rotatable bonds is 8. The molecule has 2 aromatic carbocycles. The maximum absolute atomic E-state index is 12.8. The van der Waals surface area contributed by atoms with Gasteiger partial charge in [-0.1, -0.05) is 30.3 Å². The van der Waals surface area contributed by atoms with E-state index >= 15 is 0 Å². The van der Waals surface area contributed by atoms with Crippen LogP contribution in [0.15, 0.2) is 53.4 Å². The van der Waals surface area contributed by atoms with Gasteiger partial charge in [0.2, 0.25) is 10.0 Å². The molecule has 0 bridgehead atoms. The number of nitrogens with one attached hydrogen (secondary N) is 1. The molecule has 0 spiro atoms. The quantitative estimate of drug-likeness (QED) is 0.751. The molecule has 7 heteroatoms. The summed E-state index contributed by atoms with van der Waals surface area (Å²) in [5.41, 5.74) is 1.12. The molecule has 1 unspecified atom stereocenters. The van der Waals surface area contributed by atoms with Crippen LogP contribution in [-0.2, 0) is 10.0 Å². The highest BCUT2D eigenvalue weighted by Gasteiger charge is 2.26. The van der Waals surface area contributed by atoms with Crippen molar-refractivity contribution in [3.8, 4) is 11.5 Å². The smallest absolute Gasteiger partial charge is 0.240 e. The summed E-state index contributed by atoms with van der Waals surface area (Å²) in [4.78, 5) is 2.50. The summed E-state index contributed by atoms with van der Waals surface area (Å²) >= 11 is 0. The Balaban J connectivity index is 1.79. The second-order valence-electron chi connectivity index (χ2n) is 6.54. The van der Waals surface area contributed by atoms with E-state index in [1.54, 1.807) is 6.07 Å². The lowest BCUT2D eigenvalue weighted by Crippen LogP contribution is -2.36. The van der Waals surface area contributed by atoms with Crippen LogP contribution in [0.3, 0.4) is 0 Å². The number of methoxy groups -OCH3 is 2. The van der Waals surface area contributed by atoms with E-state index in [4.69, 9.17) is 9.47 Å². The fourth-order valence-corrected chi connectivity index (χ4v) is 4.50. The first-order valence-electron chi connectivity index (χ1n) is 9.06. The number of sulfonamides is 1. The molecule has 146 valence electrons. The minimum Gasteiger partial charge on any atom is -0.493 e. The number of hydrogen-bond acceptors (Lipinski definition) is 5. The van der Waals surface area contributed by atoms with Gasteiger partial charge in [-0.05, 0) is 43.6 Å². The Morgan fingerprint density at radius 1 is 1.00 bits per heavy atom. The third-order valence-electron chi connectivity index (χ3n) is 4.90. The van der Waals surface area contributed by atoms with Gasteiger partial charge < -0.3 is 9.47 Å². The van der Waals surface area contributed by atoms with Gasteiger partial charge in [-0.15, -0.1) is 0 Å². The first-order valence-corrected chi connectivity index (χ1v) is 10.5. The highest BCUT2D eigenvalue weighted by atomic mass is 32.2. The van der Waals surface area contributed by atoms with Crippen LogP contribution in [0.5, 0.6) is 11.5 Å². The third kappa shape index (κ3) is 4.61. The monoisotopic (exact) mass is 390 g/mol. The molecular weight excluding hydrogens is 364 g/mol. The number of ether oxygens (including phenoxy) is 2. The maximum Gasteiger partial charge on any atom is 0.240 e. The third-order valence-corrected chi connectivity index (χ3v) is 6.32. The number of benzene rings is 2. The summed E-state index contributed by atoms with van der Waals surface area (Å²) in [5, 5.41) is 0. The Kier molecular flexibility index (Phi) is 6.36. The Morgan fingerprint density at radius 2 is 1.67 bits per heavy atom. The van der Waals surface area contributed by atoms with Gasteiger partial charge in [0.25, 0.3) is 0 Å². The minimum atomic E-state index is -3.66. The summed E-state index contributed by atoms with van der Waals surface area (Å²) in [6, 6.07) is 14.7. The molecule has 0 aliphatic carbocycles. The Bertz CT molecular complexity index is 850. The molecule has 1 atom stereocenters. The van der Waals surface area contributed by atoms with E-state index in [9.17, 15) is 8.42 Å². The maximum atomic E-state index is 12.8. The average Bonchev–Trinajstić information content (AvgIpc) is 3.22. The van der Waals surface area contributed by atoms with Crippen molar-refractivity contribution in [3.63, 3.8) is 0 Å². The molecule has 0 saturated carbocycles. The van der Waals surface area contributed by atoms with Gasteiger partial charge in [-0.25, -0.2) is 13.1 Å². The summed E-state index contributed by atoms with van der Waals surface area (Å²) in [6.07, 6.45) is 2.29. The predicted octanol–water partition coefficient (Wildman–Crippen LogP) is 2.82. The fourth-order valence-electron chi connectivity index (χ4n) is 3.44. The highest BCUT2D eigenvalue weighted by Crippen LogP contribution is 2.30. The fraction of sp³-hybridized carbons (Fsp3) is 0.400. The van der Waals surface area contributed by atoms with E-state index in [2.05, 4.69) is 9.62 Å². The predicted molar refractivity (Wildman–Crippen MR) is 105 cm³/mol. The van der Waals surface area contributed by atoms with Crippen LogP contribution in [0.2, 0.25) is 0 Å². The van der Waals surface area contributed by atoms with Crippen molar-refractivity contribution >= 4 is 10.0 Å². The van der Waals surface area contributed by atoms with Crippen molar-refractivity contribution in [2.45, 2.75) is 23.8 Å². The molecule has 3 rings (SSSR count). The van der Waals surface area contributed by atoms with Gasteiger partial charge in [-0.3, -0.25) is 4.90 Å². The van der Waals surface area contributed by atoms with Gasteiger partial charge in [0.1, 0.15) is 0 Å². The van der Waals surface area contributed by atoms with E-state index in [-0.39, 0.29) is 10.9 Å². The van der Waals surface area contributed by atoms with Crippen molar-refractivity contribution in [3.05, 3.63) is 54.1 Å². The molecular formula is C20H26N2O4S. The molecule has 1 fully saturated rings. The van der Waals surface area contributed by atoms with Crippen LogP contribution in [0.1, 0.15) is 24.4 Å². The van der Waals surface area contributed by atoms with Crippen molar-refractivity contribution in [2.75, 3.05) is 33.9 Å². The van der Waals surface area contributed by atoms with Crippen LogP contribution in [0.4, 0.5) is 0 Å². The zero-order valence-corrected chi connectivity index (χ0v) is 16.5. The van der Waals surface area contributed by atoms with Crippen LogP contribution in [0.25, 0.3) is 0 Å². The lowest BCUT2D eigenvalue weighted by atomic mass is 10.1. The lowest BCUT2D eigenvalue weighted by molar-refractivity contribution is 0.246. The van der Waals surface area contributed by atoms with Gasteiger partial charge in [0.05, 0.1) is 19.1 Å². The van der Waals surface area contributed by atoms with E-state index < -0.39 is 10.0 Å². The van der Waals surface area contributed by atoms with E-state index in [0.717, 1.165) is 31.5 Å². The SMILES string of the molecule is COc1ccc(S(=O)(=O)NCC(c2ccccc2)N2CCCC2)cc1OC.